The molecule has 1 aliphatic rings. The number of aliphatic hydroxyl groups excluding tert-OH is 1. The largest absolute Gasteiger partial charge is 0.508 e. The highest BCUT2D eigenvalue weighted by Gasteiger charge is 2.39. The summed E-state index contributed by atoms with van der Waals surface area (Å²) in [6.07, 6.45) is -0.967. The van der Waals surface area contributed by atoms with Gasteiger partial charge in [-0.2, -0.15) is 0 Å². The van der Waals surface area contributed by atoms with Crippen molar-refractivity contribution in [3.8, 4) is 5.75 Å². The molecule has 2 aromatic carbocycles. The van der Waals surface area contributed by atoms with E-state index in [0.717, 1.165) is 11.1 Å². The number of carbonyl (C=O) groups is 2. The molecule has 0 spiro atoms. The summed E-state index contributed by atoms with van der Waals surface area (Å²) in [5, 5.41) is 32.0. The van der Waals surface area contributed by atoms with Crippen LogP contribution < -0.4 is 16.5 Å². The third-order valence-electron chi connectivity index (χ3n) is 5.05. The Morgan fingerprint density at radius 1 is 1.14 bits per heavy atom. The van der Waals surface area contributed by atoms with E-state index in [0.29, 0.717) is 12.0 Å². The van der Waals surface area contributed by atoms with Gasteiger partial charge in [0.2, 0.25) is 5.91 Å². The third kappa shape index (κ3) is 3.99. The first-order valence-electron chi connectivity index (χ1n) is 8.89. The lowest BCUT2D eigenvalue weighted by Gasteiger charge is -2.28. The van der Waals surface area contributed by atoms with Crippen LogP contribution in [-0.4, -0.2) is 38.9 Å². The van der Waals surface area contributed by atoms with E-state index in [9.17, 15) is 19.8 Å². The first-order chi connectivity index (χ1) is 13.3. The van der Waals surface area contributed by atoms with Gasteiger partial charge in [-0.3, -0.25) is 14.8 Å². The molecule has 0 aromatic heterocycles. The first-order valence-corrected chi connectivity index (χ1v) is 8.89. The van der Waals surface area contributed by atoms with E-state index in [-0.39, 0.29) is 12.2 Å². The Bertz CT molecular complexity index is 888. The summed E-state index contributed by atoms with van der Waals surface area (Å²) < 4.78 is 0. The molecule has 0 radical (unpaired) electrons. The number of amides is 2. The summed E-state index contributed by atoms with van der Waals surface area (Å²) in [4.78, 5) is 24.8. The summed E-state index contributed by atoms with van der Waals surface area (Å²) in [5.74, 6) is -1.57. The average Bonchev–Trinajstić information content (AvgIpc) is 2.98. The number of aliphatic hydroxyl groups is 1. The number of hydrogen-bond acceptors (Lipinski definition) is 6. The number of rotatable bonds is 6. The first kappa shape index (κ1) is 19.8. The standard InChI is InChI=1S/C20H23N3O5/c21-20(19(27)23-28,10-13-6-2-4-8-15(13)24)11-17(26)22-18-14-7-3-1-5-12(14)9-16(18)25/h1-8,16,18,24-25,28H,9-11,21H2,(H,22,26)(H,23,27)/t16-,18+,20+/m1/s1. The molecule has 8 heteroatoms. The number of hydroxylamine groups is 1. The number of phenols is 1. The van der Waals surface area contributed by atoms with E-state index in [1.807, 2.05) is 24.3 Å². The van der Waals surface area contributed by atoms with Crippen molar-refractivity contribution < 1.29 is 25.0 Å². The van der Waals surface area contributed by atoms with Gasteiger partial charge in [-0.15, -0.1) is 0 Å². The molecule has 8 nitrogen and oxygen atoms in total. The zero-order valence-corrected chi connectivity index (χ0v) is 15.1. The van der Waals surface area contributed by atoms with Crippen molar-refractivity contribution in [2.75, 3.05) is 0 Å². The lowest BCUT2D eigenvalue weighted by molar-refractivity contribution is -0.138. The van der Waals surface area contributed by atoms with E-state index in [2.05, 4.69) is 5.32 Å². The third-order valence-corrected chi connectivity index (χ3v) is 5.05. The molecule has 3 rings (SSSR count). The number of benzene rings is 2. The molecule has 0 unspecified atom stereocenters. The minimum atomic E-state index is -1.79. The maximum absolute atomic E-state index is 12.6. The van der Waals surface area contributed by atoms with Crippen LogP contribution in [0.1, 0.15) is 29.2 Å². The van der Waals surface area contributed by atoms with Gasteiger partial charge >= 0.3 is 0 Å². The molecule has 148 valence electrons. The molecular weight excluding hydrogens is 362 g/mol. The normalized spacial score (nSPS) is 20.1. The van der Waals surface area contributed by atoms with E-state index in [1.54, 1.807) is 18.2 Å². The second-order valence-electron chi connectivity index (χ2n) is 7.09. The Balaban J connectivity index is 1.77. The number of aromatic hydroxyl groups is 1. The molecule has 0 heterocycles. The lowest BCUT2D eigenvalue weighted by Crippen LogP contribution is -2.57. The van der Waals surface area contributed by atoms with Crippen LogP contribution in [0.2, 0.25) is 0 Å². The molecule has 2 amide bonds. The summed E-state index contributed by atoms with van der Waals surface area (Å²) in [7, 11) is 0. The molecule has 0 fully saturated rings. The van der Waals surface area contributed by atoms with Crippen molar-refractivity contribution in [3.05, 3.63) is 65.2 Å². The van der Waals surface area contributed by atoms with Gasteiger partial charge in [0.15, 0.2) is 0 Å². The minimum absolute atomic E-state index is 0.0661. The molecule has 2 aromatic rings. The molecule has 28 heavy (non-hydrogen) atoms. The van der Waals surface area contributed by atoms with Crippen molar-refractivity contribution >= 4 is 11.8 Å². The van der Waals surface area contributed by atoms with Crippen molar-refractivity contribution in [2.24, 2.45) is 5.73 Å². The van der Waals surface area contributed by atoms with Gasteiger partial charge in [-0.1, -0.05) is 42.5 Å². The summed E-state index contributed by atoms with van der Waals surface area (Å²) in [6.45, 7) is 0. The van der Waals surface area contributed by atoms with Crippen LogP contribution in [-0.2, 0) is 22.4 Å². The number of nitrogens with two attached hydrogens (primary N) is 1. The molecule has 0 saturated carbocycles. The molecule has 3 atom stereocenters. The van der Waals surface area contributed by atoms with E-state index >= 15 is 0 Å². The van der Waals surface area contributed by atoms with Crippen molar-refractivity contribution in [1.29, 1.82) is 0 Å². The zero-order valence-electron chi connectivity index (χ0n) is 15.1. The lowest BCUT2D eigenvalue weighted by atomic mass is 9.87. The Kier molecular flexibility index (Phi) is 5.64. The van der Waals surface area contributed by atoms with Crippen LogP contribution in [0, 0.1) is 0 Å². The van der Waals surface area contributed by atoms with Gasteiger partial charge in [0.1, 0.15) is 11.3 Å². The quantitative estimate of drug-likeness (QED) is 0.312. The van der Waals surface area contributed by atoms with Crippen molar-refractivity contribution in [1.82, 2.24) is 10.8 Å². The van der Waals surface area contributed by atoms with Gasteiger partial charge < -0.3 is 21.3 Å². The second-order valence-corrected chi connectivity index (χ2v) is 7.09. The Labute approximate surface area is 162 Å². The number of fused-ring (bicyclic) bond motifs is 1. The highest BCUT2D eigenvalue weighted by atomic mass is 16.5. The zero-order chi connectivity index (χ0) is 20.3. The fraction of sp³-hybridized carbons (Fsp3) is 0.300. The molecule has 0 saturated heterocycles. The maximum atomic E-state index is 12.6. The smallest absolute Gasteiger partial charge is 0.264 e. The molecular formula is C20H23N3O5. The van der Waals surface area contributed by atoms with Crippen molar-refractivity contribution in [3.63, 3.8) is 0 Å². The Morgan fingerprint density at radius 3 is 2.54 bits per heavy atom. The fourth-order valence-electron chi connectivity index (χ4n) is 3.59. The number of carbonyl (C=O) groups excluding carboxylic acids is 2. The maximum Gasteiger partial charge on any atom is 0.264 e. The van der Waals surface area contributed by atoms with E-state index in [4.69, 9.17) is 10.9 Å². The number of nitrogens with one attached hydrogen (secondary N) is 2. The van der Waals surface area contributed by atoms with E-state index < -0.39 is 35.9 Å². The van der Waals surface area contributed by atoms with E-state index in [1.165, 1.54) is 11.5 Å². The van der Waals surface area contributed by atoms with Gasteiger partial charge in [-0.05, 0) is 22.8 Å². The summed E-state index contributed by atoms with van der Waals surface area (Å²) in [5.41, 5.74) is 7.99. The molecule has 1 aliphatic carbocycles. The number of phenolic OH excluding ortho intramolecular Hbond substituents is 1. The van der Waals surface area contributed by atoms with Gasteiger partial charge in [-0.25, -0.2) is 5.48 Å². The Morgan fingerprint density at radius 2 is 1.82 bits per heavy atom. The van der Waals surface area contributed by atoms with Crippen LogP contribution >= 0.6 is 0 Å². The van der Waals surface area contributed by atoms with Crippen LogP contribution in [0.5, 0.6) is 5.75 Å². The second kappa shape index (κ2) is 7.97. The topological polar surface area (TPSA) is 145 Å². The fourth-order valence-corrected chi connectivity index (χ4v) is 3.59. The average molecular weight is 385 g/mol. The van der Waals surface area contributed by atoms with Gasteiger partial charge in [0.25, 0.3) is 5.91 Å². The van der Waals surface area contributed by atoms with Crippen LogP contribution in [0.15, 0.2) is 48.5 Å². The van der Waals surface area contributed by atoms with Crippen LogP contribution in [0.4, 0.5) is 0 Å². The van der Waals surface area contributed by atoms with Crippen LogP contribution in [0.3, 0.4) is 0 Å². The molecule has 0 aliphatic heterocycles. The predicted molar refractivity (Wildman–Crippen MR) is 100 cm³/mol. The van der Waals surface area contributed by atoms with Gasteiger partial charge in [0, 0.05) is 12.8 Å². The minimum Gasteiger partial charge on any atom is -0.508 e. The summed E-state index contributed by atoms with van der Waals surface area (Å²) >= 11 is 0. The highest BCUT2D eigenvalue weighted by molar-refractivity contribution is 5.92. The summed E-state index contributed by atoms with van der Waals surface area (Å²) in [6, 6.07) is 13.1. The van der Waals surface area contributed by atoms with Gasteiger partial charge in [0.05, 0.1) is 18.6 Å². The Hall–Kier alpha value is -2.94. The monoisotopic (exact) mass is 385 g/mol. The molecule has 0 bridgehead atoms. The molecule has 7 N–H and O–H groups in total. The van der Waals surface area contributed by atoms with Crippen molar-refractivity contribution in [2.45, 2.75) is 36.9 Å². The number of para-hydroxylation sites is 1. The highest BCUT2D eigenvalue weighted by Crippen LogP contribution is 2.31. The number of hydrogen-bond donors (Lipinski definition) is 6. The predicted octanol–water partition coefficient (Wildman–Crippen LogP) is 0.302. The van der Waals surface area contributed by atoms with Crippen LogP contribution in [0.25, 0.3) is 0 Å². The SMILES string of the molecule is N[C@](CC(=O)N[C@H]1c2ccccc2C[C@H]1O)(Cc1ccccc1O)C(=O)NO.